The Labute approximate surface area is 180 Å². The average Bonchev–Trinajstić information content (AvgIpc) is 3.02. The van der Waals surface area contributed by atoms with Gasteiger partial charge in [-0.3, -0.25) is 19.7 Å². The van der Waals surface area contributed by atoms with Crippen molar-refractivity contribution < 1.29 is 14.4 Å². The van der Waals surface area contributed by atoms with Crippen LogP contribution < -0.4 is 21.7 Å². The van der Waals surface area contributed by atoms with E-state index < -0.39 is 11.4 Å². The number of carbonyl (C=O) groups is 3. The number of nitrogens with one attached hydrogen (secondary N) is 3. The molecule has 5 N–H and O–H groups in total. The molecule has 0 spiro atoms. The molecule has 0 fully saturated rings. The lowest BCUT2D eigenvalue weighted by Gasteiger charge is -2.41. The smallest absolute Gasteiger partial charge is 0.258 e. The molecule has 2 aromatic rings. The minimum absolute atomic E-state index is 0.230. The Hall–Kier alpha value is -3.87. The van der Waals surface area contributed by atoms with Crippen molar-refractivity contribution in [3.8, 4) is 0 Å². The van der Waals surface area contributed by atoms with Crippen molar-refractivity contribution in [2.45, 2.75) is 31.2 Å². The van der Waals surface area contributed by atoms with Crippen LogP contribution in [0, 0.1) is 0 Å². The second-order valence-electron chi connectivity index (χ2n) is 7.79. The maximum absolute atomic E-state index is 12.5. The summed E-state index contributed by atoms with van der Waals surface area (Å²) < 4.78 is 0. The molecular weight excluding hydrogens is 392 g/mol. The summed E-state index contributed by atoms with van der Waals surface area (Å²) in [4.78, 5) is 36.2. The number of carbonyl (C=O) groups excluding carboxylic acids is 3. The maximum atomic E-state index is 12.5. The molecule has 1 heterocycles. The molecule has 7 nitrogen and oxygen atoms in total. The first kappa shape index (κ1) is 20.4. The van der Waals surface area contributed by atoms with Crippen LogP contribution in [0.5, 0.6) is 0 Å². The van der Waals surface area contributed by atoms with E-state index in [9.17, 15) is 14.4 Å². The highest BCUT2D eigenvalue weighted by Crippen LogP contribution is 2.41. The van der Waals surface area contributed by atoms with Crippen LogP contribution in [0.2, 0.25) is 0 Å². The van der Waals surface area contributed by atoms with Gasteiger partial charge in [-0.2, -0.15) is 0 Å². The number of rotatable bonds is 8. The monoisotopic (exact) mass is 416 g/mol. The van der Waals surface area contributed by atoms with E-state index in [1.807, 2.05) is 60.7 Å². The number of para-hydroxylation sites is 2. The van der Waals surface area contributed by atoms with Crippen molar-refractivity contribution in [2.75, 3.05) is 10.6 Å². The van der Waals surface area contributed by atoms with Crippen LogP contribution in [0.15, 0.2) is 83.6 Å². The van der Waals surface area contributed by atoms with Crippen molar-refractivity contribution in [3.05, 3.63) is 83.6 Å². The van der Waals surface area contributed by atoms with Crippen molar-refractivity contribution in [2.24, 2.45) is 5.73 Å². The third kappa shape index (κ3) is 4.35. The fraction of sp³-hybridized carbons (Fsp3) is 0.208. The summed E-state index contributed by atoms with van der Waals surface area (Å²) in [5.41, 5.74) is 7.97. The molecule has 1 atom stereocenters. The largest absolute Gasteiger partial charge is 0.374 e. The van der Waals surface area contributed by atoms with E-state index in [1.54, 1.807) is 6.08 Å². The fourth-order valence-electron chi connectivity index (χ4n) is 4.10. The van der Waals surface area contributed by atoms with Gasteiger partial charge in [-0.15, -0.1) is 0 Å². The molecule has 0 bridgehead atoms. The normalized spacial score (nSPS) is 20.1. The van der Waals surface area contributed by atoms with Crippen molar-refractivity contribution >= 4 is 29.1 Å². The Morgan fingerprint density at radius 1 is 0.968 bits per heavy atom. The highest BCUT2D eigenvalue weighted by molar-refractivity contribution is 6.21. The predicted molar refractivity (Wildman–Crippen MR) is 119 cm³/mol. The standard InChI is InChI=1S/C24H24N4O3/c25-21(29)12-7-13-24(28-17-10-5-2-6-11-17)15-19-18(22(30)27-23(19)31)14-20(24)26-16-8-3-1-4-9-16/h1-6,8-11,14,26,28H,7,12-13,15H2,(H2,25,29)(H,27,30,31). The van der Waals surface area contributed by atoms with Crippen LogP contribution in [0.3, 0.4) is 0 Å². The fourth-order valence-corrected chi connectivity index (χ4v) is 4.10. The Kier molecular flexibility index (Phi) is 5.58. The second-order valence-corrected chi connectivity index (χ2v) is 7.79. The van der Waals surface area contributed by atoms with Crippen molar-refractivity contribution in [1.29, 1.82) is 0 Å². The molecule has 31 heavy (non-hydrogen) atoms. The van der Waals surface area contributed by atoms with Gasteiger partial charge in [0.05, 0.1) is 11.1 Å². The van der Waals surface area contributed by atoms with Crippen LogP contribution in [0.4, 0.5) is 11.4 Å². The van der Waals surface area contributed by atoms with Gasteiger partial charge in [0.2, 0.25) is 5.91 Å². The summed E-state index contributed by atoms with van der Waals surface area (Å²) in [6.07, 6.45) is 3.34. The van der Waals surface area contributed by atoms with Gasteiger partial charge < -0.3 is 16.4 Å². The number of hydrogen-bond acceptors (Lipinski definition) is 5. The molecule has 158 valence electrons. The summed E-state index contributed by atoms with van der Waals surface area (Å²) >= 11 is 0. The first-order valence-electron chi connectivity index (χ1n) is 10.2. The molecular formula is C24H24N4O3. The van der Waals surface area contributed by atoms with Gasteiger partial charge in [0.1, 0.15) is 0 Å². The molecule has 0 saturated heterocycles. The highest BCUT2D eigenvalue weighted by Gasteiger charge is 2.44. The Morgan fingerprint density at radius 2 is 1.61 bits per heavy atom. The van der Waals surface area contributed by atoms with Crippen molar-refractivity contribution in [3.63, 3.8) is 0 Å². The molecule has 1 aliphatic carbocycles. The number of imide groups is 1. The molecule has 2 aromatic carbocycles. The van der Waals surface area contributed by atoms with Crippen LogP contribution >= 0.6 is 0 Å². The lowest BCUT2D eigenvalue weighted by atomic mass is 9.77. The van der Waals surface area contributed by atoms with Gasteiger partial charge in [0.15, 0.2) is 0 Å². The zero-order valence-corrected chi connectivity index (χ0v) is 17.0. The van der Waals surface area contributed by atoms with Crippen LogP contribution in [-0.2, 0) is 14.4 Å². The molecule has 2 aliphatic rings. The van der Waals surface area contributed by atoms with Crippen LogP contribution in [0.1, 0.15) is 25.7 Å². The molecule has 0 radical (unpaired) electrons. The zero-order valence-electron chi connectivity index (χ0n) is 17.0. The van der Waals surface area contributed by atoms with E-state index >= 15 is 0 Å². The second kappa shape index (κ2) is 8.47. The number of nitrogens with two attached hydrogens (primary N) is 1. The summed E-state index contributed by atoms with van der Waals surface area (Å²) in [5.74, 6) is -1.14. The average molecular weight is 416 g/mol. The summed E-state index contributed by atoms with van der Waals surface area (Å²) in [7, 11) is 0. The SMILES string of the molecule is NC(=O)CCCC1(Nc2ccccc2)CC2=C(C=C1Nc1ccccc1)C(=O)NC2=O. The van der Waals surface area contributed by atoms with E-state index in [2.05, 4.69) is 16.0 Å². The Balaban J connectivity index is 1.77. The Morgan fingerprint density at radius 3 is 2.26 bits per heavy atom. The van der Waals surface area contributed by atoms with Gasteiger partial charge in [-0.25, -0.2) is 0 Å². The summed E-state index contributed by atoms with van der Waals surface area (Å²) in [5, 5.41) is 9.41. The van der Waals surface area contributed by atoms with Crippen molar-refractivity contribution in [1.82, 2.24) is 5.32 Å². The molecule has 1 aliphatic heterocycles. The van der Waals surface area contributed by atoms with E-state index in [-0.39, 0.29) is 18.2 Å². The predicted octanol–water partition coefficient (Wildman–Crippen LogP) is 2.85. The number of primary amides is 1. The molecule has 0 saturated carbocycles. The molecule has 0 aromatic heterocycles. The molecule has 7 heteroatoms. The van der Waals surface area contributed by atoms with Crippen LogP contribution in [0.25, 0.3) is 0 Å². The van der Waals surface area contributed by atoms with Gasteiger partial charge in [-0.1, -0.05) is 36.4 Å². The van der Waals surface area contributed by atoms with E-state index in [1.165, 1.54) is 0 Å². The third-order valence-electron chi connectivity index (χ3n) is 5.59. The minimum Gasteiger partial charge on any atom is -0.374 e. The van der Waals surface area contributed by atoms with Gasteiger partial charge in [0.25, 0.3) is 11.8 Å². The van der Waals surface area contributed by atoms with E-state index in [4.69, 9.17) is 5.73 Å². The Bertz CT molecular complexity index is 1080. The molecule has 1 unspecified atom stereocenters. The van der Waals surface area contributed by atoms with Gasteiger partial charge in [0, 0.05) is 35.5 Å². The van der Waals surface area contributed by atoms with Crippen LogP contribution in [-0.4, -0.2) is 23.3 Å². The summed E-state index contributed by atoms with van der Waals surface area (Å²) in [6, 6.07) is 19.3. The minimum atomic E-state index is -0.729. The maximum Gasteiger partial charge on any atom is 0.258 e. The first-order chi connectivity index (χ1) is 15.0. The third-order valence-corrected chi connectivity index (χ3v) is 5.59. The number of hydrogen-bond donors (Lipinski definition) is 4. The van der Waals surface area contributed by atoms with Gasteiger partial charge >= 0.3 is 0 Å². The lowest BCUT2D eigenvalue weighted by molar-refractivity contribution is -0.124. The van der Waals surface area contributed by atoms with E-state index in [0.29, 0.717) is 30.4 Å². The summed E-state index contributed by atoms with van der Waals surface area (Å²) in [6.45, 7) is 0. The quantitative estimate of drug-likeness (QED) is 0.494. The lowest BCUT2D eigenvalue weighted by Crippen LogP contribution is -2.45. The number of amides is 3. The molecule has 4 rings (SSSR count). The number of anilines is 2. The number of benzene rings is 2. The van der Waals surface area contributed by atoms with Gasteiger partial charge in [-0.05, 0) is 43.2 Å². The van der Waals surface area contributed by atoms with E-state index in [0.717, 1.165) is 17.1 Å². The topological polar surface area (TPSA) is 113 Å². The highest BCUT2D eigenvalue weighted by atomic mass is 16.2. The zero-order chi connectivity index (χ0) is 21.8. The molecule has 3 amide bonds. The first-order valence-corrected chi connectivity index (χ1v) is 10.2.